The first-order valence-electron chi connectivity index (χ1n) is 10.1. The molecule has 0 amide bonds. The quantitative estimate of drug-likeness (QED) is 0.427. The minimum absolute atomic E-state index is 0.00711. The third-order valence-electron chi connectivity index (χ3n) is 5.02. The van der Waals surface area contributed by atoms with E-state index in [1.165, 1.54) is 25.5 Å². The lowest BCUT2D eigenvalue weighted by atomic mass is 10.2. The van der Waals surface area contributed by atoms with Crippen LogP contribution in [0.1, 0.15) is 5.76 Å². The van der Waals surface area contributed by atoms with Gasteiger partial charge in [-0.1, -0.05) is 12.1 Å². The van der Waals surface area contributed by atoms with Crippen molar-refractivity contribution in [1.29, 1.82) is 0 Å². The molecule has 0 radical (unpaired) electrons. The summed E-state index contributed by atoms with van der Waals surface area (Å²) < 4.78 is 54.8. The zero-order valence-electron chi connectivity index (χ0n) is 17.6. The molecule has 2 aromatic heterocycles. The number of furan rings is 1. The molecule has 0 bridgehead atoms. The molecule has 9 nitrogen and oxygen atoms in total. The van der Waals surface area contributed by atoms with Crippen LogP contribution in [0.5, 0.6) is 17.2 Å². The van der Waals surface area contributed by atoms with E-state index in [1.54, 1.807) is 42.5 Å². The van der Waals surface area contributed by atoms with Gasteiger partial charge < -0.3 is 28.4 Å². The number of sulfone groups is 1. The van der Waals surface area contributed by atoms with Gasteiger partial charge in [-0.25, -0.2) is 8.42 Å². The molecule has 0 spiro atoms. The predicted octanol–water partition coefficient (Wildman–Crippen LogP) is 4.16. The molecule has 1 N–H and O–H groups in total. The molecule has 0 unspecified atom stereocenters. The Hall–Kier alpha value is -3.92. The molecule has 0 aliphatic carbocycles. The van der Waals surface area contributed by atoms with Crippen molar-refractivity contribution in [2.45, 2.75) is 16.5 Å². The number of nitrogens with zero attached hydrogens (tertiary/aromatic N) is 1. The molecule has 0 saturated carbocycles. The standard InChI is InChI=1S/C23H20N2O7S/c1-28-18-7-3-2-6-17(18)21-25-23(22(32-21)24-14-15-5-4-10-29-15)33(26,27)16-8-9-19-20(13-16)31-12-11-30-19/h2-10,13,24H,11-12,14H2,1H3. The Kier molecular flexibility index (Phi) is 5.43. The fourth-order valence-electron chi connectivity index (χ4n) is 3.42. The van der Waals surface area contributed by atoms with Gasteiger partial charge in [0, 0.05) is 6.07 Å². The third kappa shape index (κ3) is 4.00. The van der Waals surface area contributed by atoms with E-state index in [9.17, 15) is 8.42 Å². The molecule has 0 fully saturated rings. The van der Waals surface area contributed by atoms with E-state index in [1.807, 2.05) is 0 Å². The van der Waals surface area contributed by atoms with Gasteiger partial charge in [0.25, 0.3) is 0 Å². The van der Waals surface area contributed by atoms with Gasteiger partial charge in [-0.05, 0) is 36.4 Å². The van der Waals surface area contributed by atoms with Crippen molar-refractivity contribution in [3.63, 3.8) is 0 Å². The third-order valence-corrected chi connectivity index (χ3v) is 6.68. The first-order valence-corrected chi connectivity index (χ1v) is 11.6. The van der Waals surface area contributed by atoms with E-state index in [-0.39, 0.29) is 28.2 Å². The Morgan fingerprint density at radius 3 is 2.64 bits per heavy atom. The van der Waals surface area contributed by atoms with Gasteiger partial charge in [0.15, 0.2) is 11.5 Å². The van der Waals surface area contributed by atoms with Crippen LogP contribution in [0.3, 0.4) is 0 Å². The normalized spacial score (nSPS) is 13.0. The Morgan fingerprint density at radius 1 is 1.03 bits per heavy atom. The number of hydrogen-bond acceptors (Lipinski definition) is 9. The van der Waals surface area contributed by atoms with Crippen LogP contribution in [0.4, 0.5) is 5.88 Å². The maximum atomic E-state index is 13.6. The first kappa shape index (κ1) is 21.0. The molecule has 2 aromatic carbocycles. The summed E-state index contributed by atoms with van der Waals surface area (Å²) in [6.45, 7) is 0.955. The zero-order valence-corrected chi connectivity index (χ0v) is 18.4. The summed E-state index contributed by atoms with van der Waals surface area (Å²) in [6, 6.07) is 15.0. The molecular weight excluding hydrogens is 448 g/mol. The second-order valence-electron chi connectivity index (χ2n) is 7.10. The molecule has 170 valence electrons. The Bertz CT molecular complexity index is 1380. The number of ether oxygens (including phenoxy) is 3. The van der Waals surface area contributed by atoms with Crippen molar-refractivity contribution in [1.82, 2.24) is 4.98 Å². The van der Waals surface area contributed by atoms with Crippen LogP contribution >= 0.6 is 0 Å². The van der Waals surface area contributed by atoms with E-state index >= 15 is 0 Å². The van der Waals surface area contributed by atoms with Crippen LogP contribution in [0, 0.1) is 0 Å². The van der Waals surface area contributed by atoms with Crippen molar-refractivity contribution < 1.29 is 31.5 Å². The monoisotopic (exact) mass is 468 g/mol. The highest BCUT2D eigenvalue weighted by Gasteiger charge is 2.30. The van der Waals surface area contributed by atoms with Crippen molar-refractivity contribution in [2.75, 3.05) is 25.6 Å². The summed E-state index contributed by atoms with van der Waals surface area (Å²) in [4.78, 5) is 4.36. The van der Waals surface area contributed by atoms with Gasteiger partial charge in [-0.3, -0.25) is 0 Å². The zero-order chi connectivity index (χ0) is 22.8. The number of methoxy groups -OCH3 is 1. The summed E-state index contributed by atoms with van der Waals surface area (Å²) in [7, 11) is -2.56. The van der Waals surface area contributed by atoms with Gasteiger partial charge in [-0.2, -0.15) is 4.98 Å². The average molecular weight is 468 g/mol. The fourth-order valence-corrected chi connectivity index (χ4v) is 4.71. The van der Waals surface area contributed by atoms with Crippen LogP contribution < -0.4 is 19.5 Å². The largest absolute Gasteiger partial charge is 0.496 e. The van der Waals surface area contributed by atoms with Gasteiger partial charge in [0.2, 0.25) is 26.6 Å². The van der Waals surface area contributed by atoms with Crippen molar-refractivity contribution >= 4 is 15.7 Å². The van der Waals surface area contributed by atoms with E-state index in [0.29, 0.717) is 41.8 Å². The van der Waals surface area contributed by atoms with Crippen LogP contribution in [0.2, 0.25) is 0 Å². The second kappa shape index (κ2) is 8.55. The summed E-state index contributed by atoms with van der Waals surface area (Å²) >= 11 is 0. The lowest BCUT2D eigenvalue weighted by Crippen LogP contribution is -2.16. The predicted molar refractivity (Wildman–Crippen MR) is 117 cm³/mol. The molecule has 0 atom stereocenters. The van der Waals surface area contributed by atoms with Crippen molar-refractivity contribution in [3.8, 4) is 28.7 Å². The Labute approximate surface area is 189 Å². The maximum Gasteiger partial charge on any atom is 0.234 e. The molecule has 3 heterocycles. The number of fused-ring (bicyclic) bond motifs is 1. The Balaban J connectivity index is 1.59. The number of anilines is 1. The number of rotatable bonds is 7. The number of nitrogens with one attached hydrogen (secondary N) is 1. The van der Waals surface area contributed by atoms with Gasteiger partial charge in [0.1, 0.15) is 24.7 Å². The Morgan fingerprint density at radius 2 is 1.85 bits per heavy atom. The van der Waals surface area contributed by atoms with Crippen LogP contribution in [0.15, 0.2) is 79.6 Å². The molecule has 4 aromatic rings. The summed E-state index contributed by atoms with van der Waals surface area (Å²) in [5.74, 6) is 2.05. The van der Waals surface area contributed by atoms with Crippen LogP contribution in [-0.2, 0) is 16.4 Å². The SMILES string of the molecule is COc1ccccc1-c1nc(S(=O)(=O)c2ccc3c(c2)OCCO3)c(NCc2ccco2)o1. The van der Waals surface area contributed by atoms with Crippen molar-refractivity contribution in [3.05, 3.63) is 66.6 Å². The van der Waals surface area contributed by atoms with Gasteiger partial charge in [-0.15, -0.1) is 0 Å². The van der Waals surface area contributed by atoms with Gasteiger partial charge >= 0.3 is 0 Å². The van der Waals surface area contributed by atoms with E-state index in [4.69, 9.17) is 23.0 Å². The average Bonchev–Trinajstić information content (AvgIpc) is 3.52. The van der Waals surface area contributed by atoms with E-state index < -0.39 is 9.84 Å². The summed E-state index contributed by atoms with van der Waals surface area (Å²) in [5, 5.41) is 2.72. The highest BCUT2D eigenvalue weighted by atomic mass is 32.2. The number of benzene rings is 2. The molecular formula is C23H20N2O7S. The molecule has 1 aliphatic heterocycles. The fraction of sp³-hybridized carbons (Fsp3) is 0.174. The first-order chi connectivity index (χ1) is 16.1. The van der Waals surface area contributed by atoms with Crippen LogP contribution in [0.25, 0.3) is 11.5 Å². The highest BCUT2D eigenvalue weighted by Crippen LogP contribution is 2.38. The topological polar surface area (TPSA) is 113 Å². The second-order valence-corrected chi connectivity index (χ2v) is 8.96. The van der Waals surface area contributed by atoms with E-state index in [0.717, 1.165) is 0 Å². The van der Waals surface area contributed by atoms with Crippen LogP contribution in [-0.4, -0.2) is 33.7 Å². The molecule has 10 heteroatoms. The smallest absolute Gasteiger partial charge is 0.234 e. The number of aromatic nitrogens is 1. The number of para-hydroxylation sites is 1. The molecule has 1 aliphatic rings. The van der Waals surface area contributed by atoms with E-state index in [2.05, 4.69) is 10.3 Å². The van der Waals surface area contributed by atoms with Crippen molar-refractivity contribution in [2.24, 2.45) is 0 Å². The molecule has 0 saturated heterocycles. The summed E-state index contributed by atoms with van der Waals surface area (Å²) in [6.07, 6.45) is 1.53. The number of oxazole rings is 1. The summed E-state index contributed by atoms with van der Waals surface area (Å²) in [5.41, 5.74) is 0.518. The minimum Gasteiger partial charge on any atom is -0.496 e. The molecule has 33 heavy (non-hydrogen) atoms. The lowest BCUT2D eigenvalue weighted by Gasteiger charge is -2.18. The lowest BCUT2D eigenvalue weighted by molar-refractivity contribution is 0.171. The highest BCUT2D eigenvalue weighted by molar-refractivity contribution is 7.91. The molecule has 5 rings (SSSR count). The van der Waals surface area contributed by atoms with Gasteiger partial charge in [0.05, 0.1) is 30.4 Å². The maximum absolute atomic E-state index is 13.6. The number of hydrogen-bond donors (Lipinski definition) is 1. The minimum atomic E-state index is -4.08.